The Morgan fingerprint density at radius 2 is 2.28 bits per heavy atom. The van der Waals surface area contributed by atoms with E-state index < -0.39 is 0 Å². The van der Waals surface area contributed by atoms with Crippen molar-refractivity contribution in [2.45, 2.75) is 26.4 Å². The maximum Gasteiger partial charge on any atom is 0.110 e. The molecule has 5 heteroatoms. The molecule has 0 spiro atoms. The van der Waals surface area contributed by atoms with E-state index in [0.717, 1.165) is 22.8 Å². The summed E-state index contributed by atoms with van der Waals surface area (Å²) in [6.45, 7) is 4.86. The fourth-order valence-electron chi connectivity index (χ4n) is 1.61. The Labute approximate surface area is 116 Å². The van der Waals surface area contributed by atoms with Gasteiger partial charge >= 0.3 is 0 Å². The van der Waals surface area contributed by atoms with E-state index in [4.69, 9.17) is 17.3 Å². The van der Waals surface area contributed by atoms with E-state index in [0.29, 0.717) is 10.7 Å². The number of hydrogen-bond donors (Lipinski definition) is 2. The predicted molar refractivity (Wildman–Crippen MR) is 78.0 cm³/mol. The van der Waals surface area contributed by atoms with E-state index in [-0.39, 0.29) is 6.04 Å². The molecule has 0 aliphatic heterocycles. The fraction of sp³-hybridized carbons (Fsp3) is 0.308. The molecule has 0 amide bonds. The fourth-order valence-corrected chi connectivity index (χ4v) is 2.64. The lowest BCUT2D eigenvalue weighted by atomic mass is 10.2. The van der Waals surface area contributed by atoms with Gasteiger partial charge < -0.3 is 11.1 Å². The molecule has 1 aromatic heterocycles. The Morgan fingerprint density at radius 3 is 2.89 bits per heavy atom. The van der Waals surface area contributed by atoms with Crippen molar-refractivity contribution < 1.29 is 0 Å². The molecule has 0 saturated heterocycles. The summed E-state index contributed by atoms with van der Waals surface area (Å²) in [6.07, 6.45) is 0. The van der Waals surface area contributed by atoms with Crippen LogP contribution in [0.1, 0.15) is 29.2 Å². The van der Waals surface area contributed by atoms with Gasteiger partial charge in [-0.15, -0.1) is 11.3 Å². The zero-order valence-corrected chi connectivity index (χ0v) is 12.0. The number of halogens is 1. The van der Waals surface area contributed by atoms with Crippen LogP contribution in [0, 0.1) is 6.92 Å². The van der Waals surface area contributed by atoms with Gasteiger partial charge in [-0.25, -0.2) is 4.98 Å². The molecule has 2 rings (SSSR count). The first-order valence-electron chi connectivity index (χ1n) is 5.75. The average Bonchev–Trinajstić information content (AvgIpc) is 2.77. The van der Waals surface area contributed by atoms with Crippen molar-refractivity contribution >= 4 is 28.6 Å². The maximum atomic E-state index is 5.99. The number of nitrogens with one attached hydrogen (secondary N) is 1. The molecular weight excluding hydrogens is 266 g/mol. The van der Waals surface area contributed by atoms with Gasteiger partial charge in [-0.3, -0.25) is 0 Å². The standard InChI is InChI=1S/C13H16ClN3S/c1-8-7-18-13(17-8)9(2)16-6-10-3-4-12(15)11(14)5-10/h3-5,7,9,16H,6,15H2,1-2H3. The molecule has 96 valence electrons. The number of anilines is 1. The topological polar surface area (TPSA) is 50.9 Å². The minimum atomic E-state index is 0.236. The largest absolute Gasteiger partial charge is 0.398 e. The lowest BCUT2D eigenvalue weighted by Gasteiger charge is -2.11. The molecule has 1 unspecified atom stereocenters. The summed E-state index contributed by atoms with van der Waals surface area (Å²) in [4.78, 5) is 4.46. The van der Waals surface area contributed by atoms with Gasteiger partial charge in [0.1, 0.15) is 5.01 Å². The minimum Gasteiger partial charge on any atom is -0.398 e. The van der Waals surface area contributed by atoms with Gasteiger partial charge in [0, 0.05) is 17.6 Å². The van der Waals surface area contributed by atoms with Gasteiger partial charge in [0.2, 0.25) is 0 Å². The monoisotopic (exact) mass is 281 g/mol. The zero-order chi connectivity index (χ0) is 13.1. The number of nitrogens with zero attached hydrogens (tertiary/aromatic N) is 1. The summed E-state index contributed by atoms with van der Waals surface area (Å²) in [5.74, 6) is 0. The number of benzene rings is 1. The summed E-state index contributed by atoms with van der Waals surface area (Å²) < 4.78 is 0. The second-order valence-electron chi connectivity index (χ2n) is 4.29. The zero-order valence-electron chi connectivity index (χ0n) is 10.4. The number of rotatable bonds is 4. The third-order valence-electron chi connectivity index (χ3n) is 2.68. The molecule has 3 N–H and O–H groups in total. The summed E-state index contributed by atoms with van der Waals surface area (Å²) in [5, 5.41) is 7.20. The van der Waals surface area contributed by atoms with Crippen LogP contribution >= 0.6 is 22.9 Å². The Morgan fingerprint density at radius 1 is 1.50 bits per heavy atom. The number of nitrogen functional groups attached to an aromatic ring is 1. The molecule has 1 heterocycles. The molecule has 0 aliphatic carbocycles. The molecule has 1 aromatic carbocycles. The summed E-state index contributed by atoms with van der Waals surface area (Å²) in [5.41, 5.74) is 8.48. The van der Waals surface area contributed by atoms with Crippen LogP contribution in [0.15, 0.2) is 23.6 Å². The van der Waals surface area contributed by atoms with Crippen molar-refractivity contribution in [2.24, 2.45) is 0 Å². The van der Waals surface area contributed by atoms with Gasteiger partial charge in [0.05, 0.1) is 16.8 Å². The maximum absolute atomic E-state index is 5.99. The van der Waals surface area contributed by atoms with Crippen molar-refractivity contribution in [2.75, 3.05) is 5.73 Å². The second kappa shape index (κ2) is 5.69. The number of aryl methyl sites for hydroxylation is 1. The highest BCUT2D eigenvalue weighted by Crippen LogP contribution is 2.21. The smallest absolute Gasteiger partial charge is 0.110 e. The Bertz CT molecular complexity index is 539. The average molecular weight is 282 g/mol. The van der Waals surface area contributed by atoms with Crippen molar-refractivity contribution in [1.29, 1.82) is 0 Å². The van der Waals surface area contributed by atoms with Gasteiger partial charge in [0.25, 0.3) is 0 Å². The Hall–Kier alpha value is -1.10. The highest BCUT2D eigenvalue weighted by Gasteiger charge is 2.08. The van der Waals surface area contributed by atoms with Gasteiger partial charge in [-0.1, -0.05) is 17.7 Å². The molecule has 3 nitrogen and oxygen atoms in total. The molecule has 0 aliphatic rings. The second-order valence-corrected chi connectivity index (χ2v) is 5.58. The first-order valence-corrected chi connectivity index (χ1v) is 7.01. The Balaban J connectivity index is 1.97. The van der Waals surface area contributed by atoms with Crippen molar-refractivity contribution in [3.63, 3.8) is 0 Å². The molecule has 1 atom stereocenters. The number of hydrogen-bond acceptors (Lipinski definition) is 4. The van der Waals surface area contributed by atoms with Crippen molar-refractivity contribution in [3.05, 3.63) is 44.9 Å². The van der Waals surface area contributed by atoms with Crippen LogP contribution < -0.4 is 11.1 Å². The van der Waals surface area contributed by atoms with Crippen LogP contribution in [0.3, 0.4) is 0 Å². The first kappa shape index (κ1) is 13.3. The van der Waals surface area contributed by atoms with Crippen molar-refractivity contribution in [3.8, 4) is 0 Å². The van der Waals surface area contributed by atoms with E-state index in [2.05, 4.69) is 22.6 Å². The van der Waals surface area contributed by atoms with Crippen LogP contribution in [0.5, 0.6) is 0 Å². The quantitative estimate of drug-likeness (QED) is 0.843. The molecule has 18 heavy (non-hydrogen) atoms. The van der Waals surface area contributed by atoms with E-state index in [1.807, 2.05) is 25.1 Å². The normalized spacial score (nSPS) is 12.6. The SMILES string of the molecule is Cc1csc(C(C)NCc2ccc(N)c(Cl)c2)n1. The molecule has 0 saturated carbocycles. The highest BCUT2D eigenvalue weighted by atomic mass is 35.5. The molecule has 0 fully saturated rings. The number of nitrogens with two attached hydrogens (primary N) is 1. The van der Waals surface area contributed by atoms with E-state index >= 15 is 0 Å². The molecule has 0 bridgehead atoms. The van der Waals surface area contributed by atoms with Crippen LogP contribution in [-0.4, -0.2) is 4.98 Å². The van der Waals surface area contributed by atoms with Crippen molar-refractivity contribution in [1.82, 2.24) is 10.3 Å². The van der Waals surface area contributed by atoms with Crippen LogP contribution in [0.25, 0.3) is 0 Å². The van der Waals surface area contributed by atoms with Crippen LogP contribution in [0.2, 0.25) is 5.02 Å². The lowest BCUT2D eigenvalue weighted by molar-refractivity contribution is 0.571. The minimum absolute atomic E-state index is 0.236. The first-order chi connectivity index (χ1) is 8.56. The van der Waals surface area contributed by atoms with Gasteiger partial charge in [0.15, 0.2) is 0 Å². The van der Waals surface area contributed by atoms with Gasteiger partial charge in [-0.2, -0.15) is 0 Å². The summed E-state index contributed by atoms with van der Waals surface area (Å²) in [7, 11) is 0. The lowest BCUT2D eigenvalue weighted by Crippen LogP contribution is -2.18. The summed E-state index contributed by atoms with van der Waals surface area (Å²) >= 11 is 7.67. The van der Waals surface area contributed by atoms with Gasteiger partial charge in [-0.05, 0) is 31.5 Å². The van der Waals surface area contributed by atoms with Crippen LogP contribution in [0.4, 0.5) is 5.69 Å². The van der Waals surface area contributed by atoms with E-state index in [1.165, 1.54) is 0 Å². The highest BCUT2D eigenvalue weighted by molar-refractivity contribution is 7.09. The summed E-state index contributed by atoms with van der Waals surface area (Å²) in [6, 6.07) is 5.94. The predicted octanol–water partition coefficient (Wildman–Crippen LogP) is 3.54. The Kier molecular flexibility index (Phi) is 4.22. The molecule has 2 aromatic rings. The number of thiazole rings is 1. The molecule has 0 radical (unpaired) electrons. The third kappa shape index (κ3) is 3.22. The van der Waals surface area contributed by atoms with E-state index in [9.17, 15) is 0 Å². The third-order valence-corrected chi connectivity index (χ3v) is 4.16. The molecular formula is C13H16ClN3S. The van der Waals surface area contributed by atoms with Crippen LogP contribution in [-0.2, 0) is 6.54 Å². The number of aromatic nitrogens is 1. The van der Waals surface area contributed by atoms with E-state index in [1.54, 1.807) is 11.3 Å².